The molecule has 1 aromatic rings. The molecule has 0 aromatic heterocycles. The van der Waals surface area contributed by atoms with E-state index in [4.69, 9.17) is 11.6 Å². The molecule has 1 heterocycles. The molecule has 3 nitrogen and oxygen atoms in total. The normalized spacial score (nSPS) is 18.9. The summed E-state index contributed by atoms with van der Waals surface area (Å²) in [6.07, 6.45) is -0.515. The van der Waals surface area contributed by atoms with Crippen molar-refractivity contribution in [3.63, 3.8) is 0 Å². The molecule has 1 fully saturated rings. The zero-order chi connectivity index (χ0) is 14.0. The van der Waals surface area contributed by atoms with Gasteiger partial charge in [-0.05, 0) is 38.5 Å². The van der Waals surface area contributed by atoms with Crippen LogP contribution in [0.3, 0.4) is 0 Å². The Balaban J connectivity index is 2.06. The van der Waals surface area contributed by atoms with Crippen LogP contribution in [0.1, 0.15) is 32.4 Å². The van der Waals surface area contributed by atoms with E-state index in [2.05, 4.69) is 29.7 Å². The third kappa shape index (κ3) is 3.41. The van der Waals surface area contributed by atoms with Gasteiger partial charge in [0.25, 0.3) is 0 Å². The van der Waals surface area contributed by atoms with Gasteiger partial charge in [-0.3, -0.25) is 4.90 Å². The Bertz CT molecular complexity index is 426. The van der Waals surface area contributed by atoms with Crippen LogP contribution in [0.2, 0.25) is 5.02 Å². The van der Waals surface area contributed by atoms with E-state index in [0.717, 1.165) is 37.4 Å². The first-order valence-electron chi connectivity index (χ1n) is 6.95. The highest BCUT2D eigenvalue weighted by atomic mass is 35.5. The Hall–Kier alpha value is -0.770. The summed E-state index contributed by atoms with van der Waals surface area (Å²) in [5, 5.41) is 10.2. The van der Waals surface area contributed by atoms with Crippen molar-refractivity contribution in [2.24, 2.45) is 0 Å². The second kappa shape index (κ2) is 6.12. The van der Waals surface area contributed by atoms with Gasteiger partial charge in [0.2, 0.25) is 0 Å². The van der Waals surface area contributed by atoms with Crippen molar-refractivity contribution in [3.8, 4) is 0 Å². The molecule has 4 heteroatoms. The standard InChI is InChI=1S/C15H23ClN2O/c1-11(2)17-6-8-18(9-7-17)13-4-5-14(12(3)19)15(16)10-13/h4-5,10-12,19H,6-9H2,1-3H3. The third-order valence-electron chi connectivity index (χ3n) is 3.84. The summed E-state index contributed by atoms with van der Waals surface area (Å²) < 4.78 is 0. The lowest BCUT2D eigenvalue weighted by Gasteiger charge is -2.38. The van der Waals surface area contributed by atoms with Crippen LogP contribution in [-0.2, 0) is 0 Å². The van der Waals surface area contributed by atoms with Crippen molar-refractivity contribution in [2.45, 2.75) is 32.9 Å². The summed E-state index contributed by atoms with van der Waals surface area (Å²) >= 11 is 6.23. The van der Waals surface area contributed by atoms with Gasteiger partial charge in [-0.2, -0.15) is 0 Å². The Labute approximate surface area is 120 Å². The van der Waals surface area contributed by atoms with Crippen molar-refractivity contribution in [1.82, 2.24) is 4.90 Å². The monoisotopic (exact) mass is 282 g/mol. The van der Waals surface area contributed by atoms with E-state index in [-0.39, 0.29) is 0 Å². The highest BCUT2D eigenvalue weighted by Crippen LogP contribution is 2.28. The first-order valence-corrected chi connectivity index (χ1v) is 7.33. The molecular formula is C15H23ClN2O. The van der Waals surface area contributed by atoms with Gasteiger partial charge >= 0.3 is 0 Å². The summed E-state index contributed by atoms with van der Waals surface area (Å²) in [4.78, 5) is 4.85. The van der Waals surface area contributed by atoms with Gasteiger partial charge < -0.3 is 10.0 Å². The molecular weight excluding hydrogens is 260 g/mol. The molecule has 1 aromatic carbocycles. The Morgan fingerprint density at radius 3 is 2.21 bits per heavy atom. The molecule has 2 rings (SSSR count). The fraction of sp³-hybridized carbons (Fsp3) is 0.600. The second-order valence-electron chi connectivity index (χ2n) is 5.50. The largest absolute Gasteiger partial charge is 0.389 e. The van der Waals surface area contributed by atoms with Gasteiger partial charge in [0.05, 0.1) is 6.10 Å². The van der Waals surface area contributed by atoms with Gasteiger partial charge in [-0.1, -0.05) is 17.7 Å². The van der Waals surface area contributed by atoms with Crippen molar-refractivity contribution in [3.05, 3.63) is 28.8 Å². The number of benzene rings is 1. The molecule has 0 bridgehead atoms. The molecule has 1 aliphatic rings. The average molecular weight is 283 g/mol. The number of nitrogens with zero attached hydrogens (tertiary/aromatic N) is 2. The van der Waals surface area contributed by atoms with Crippen LogP contribution >= 0.6 is 11.6 Å². The molecule has 0 radical (unpaired) electrons. The lowest BCUT2D eigenvalue weighted by atomic mass is 10.1. The maximum absolute atomic E-state index is 9.60. The minimum Gasteiger partial charge on any atom is -0.389 e. The summed E-state index contributed by atoms with van der Waals surface area (Å²) in [5.41, 5.74) is 1.95. The smallest absolute Gasteiger partial charge is 0.0776 e. The SMILES string of the molecule is CC(O)c1ccc(N2CCN(C(C)C)CC2)cc1Cl. The van der Waals surface area contributed by atoms with E-state index < -0.39 is 6.10 Å². The van der Waals surface area contributed by atoms with Crippen LogP contribution in [0.25, 0.3) is 0 Å². The summed E-state index contributed by atoms with van der Waals surface area (Å²) in [6.45, 7) is 10.5. The molecule has 0 amide bonds. The van der Waals surface area contributed by atoms with E-state index in [9.17, 15) is 5.11 Å². The zero-order valence-electron chi connectivity index (χ0n) is 11.9. The minimum absolute atomic E-state index is 0.515. The third-order valence-corrected chi connectivity index (χ3v) is 4.17. The number of hydrogen-bond acceptors (Lipinski definition) is 3. The average Bonchev–Trinajstić information content (AvgIpc) is 2.38. The maximum atomic E-state index is 9.60. The maximum Gasteiger partial charge on any atom is 0.0776 e. The Kier molecular flexibility index (Phi) is 4.71. The number of aliphatic hydroxyl groups is 1. The first kappa shape index (κ1) is 14.6. The highest BCUT2D eigenvalue weighted by molar-refractivity contribution is 6.31. The molecule has 0 aliphatic carbocycles. The summed E-state index contributed by atoms with van der Waals surface area (Å²) in [6, 6.07) is 6.56. The molecule has 1 N–H and O–H groups in total. The van der Waals surface area contributed by atoms with Crippen molar-refractivity contribution in [2.75, 3.05) is 31.1 Å². The molecule has 1 aliphatic heterocycles. The predicted molar refractivity (Wildman–Crippen MR) is 81.0 cm³/mol. The Morgan fingerprint density at radius 2 is 1.74 bits per heavy atom. The Morgan fingerprint density at radius 1 is 1.11 bits per heavy atom. The second-order valence-corrected chi connectivity index (χ2v) is 5.91. The molecule has 1 unspecified atom stereocenters. The van der Waals surface area contributed by atoms with Crippen molar-refractivity contribution in [1.29, 1.82) is 0 Å². The lowest BCUT2D eigenvalue weighted by molar-refractivity contribution is 0.199. The van der Waals surface area contributed by atoms with Gasteiger partial charge in [-0.25, -0.2) is 0 Å². The fourth-order valence-electron chi connectivity index (χ4n) is 2.55. The van der Waals surface area contributed by atoms with Crippen molar-refractivity contribution >= 4 is 17.3 Å². The molecule has 106 valence electrons. The minimum atomic E-state index is -0.515. The van der Waals surface area contributed by atoms with E-state index >= 15 is 0 Å². The first-order chi connectivity index (χ1) is 8.99. The number of aliphatic hydroxyl groups excluding tert-OH is 1. The van der Waals surface area contributed by atoms with Gasteiger partial charge in [0.1, 0.15) is 0 Å². The van der Waals surface area contributed by atoms with Crippen LogP contribution in [0, 0.1) is 0 Å². The number of piperazine rings is 1. The molecule has 1 saturated heterocycles. The summed E-state index contributed by atoms with van der Waals surface area (Å²) in [5.74, 6) is 0. The zero-order valence-corrected chi connectivity index (χ0v) is 12.7. The molecule has 0 saturated carbocycles. The van der Waals surface area contributed by atoms with Crippen LogP contribution in [0.4, 0.5) is 5.69 Å². The topological polar surface area (TPSA) is 26.7 Å². The number of rotatable bonds is 3. The quantitative estimate of drug-likeness (QED) is 0.923. The van der Waals surface area contributed by atoms with E-state index in [1.165, 1.54) is 0 Å². The van der Waals surface area contributed by atoms with Gasteiger partial charge in [0, 0.05) is 42.9 Å². The molecule has 19 heavy (non-hydrogen) atoms. The summed E-state index contributed by atoms with van der Waals surface area (Å²) in [7, 11) is 0. The van der Waals surface area contributed by atoms with Gasteiger partial charge in [0.15, 0.2) is 0 Å². The van der Waals surface area contributed by atoms with E-state index in [1.807, 2.05) is 12.1 Å². The number of hydrogen-bond donors (Lipinski definition) is 1. The van der Waals surface area contributed by atoms with Crippen LogP contribution < -0.4 is 4.90 Å². The lowest BCUT2D eigenvalue weighted by Crippen LogP contribution is -2.48. The molecule has 1 atom stereocenters. The number of anilines is 1. The van der Waals surface area contributed by atoms with Crippen LogP contribution in [0.5, 0.6) is 0 Å². The molecule has 0 spiro atoms. The van der Waals surface area contributed by atoms with E-state index in [1.54, 1.807) is 6.92 Å². The van der Waals surface area contributed by atoms with Crippen LogP contribution in [-0.4, -0.2) is 42.2 Å². The highest BCUT2D eigenvalue weighted by Gasteiger charge is 2.19. The van der Waals surface area contributed by atoms with Gasteiger partial charge in [-0.15, -0.1) is 0 Å². The fourth-order valence-corrected chi connectivity index (χ4v) is 2.88. The number of halogens is 1. The van der Waals surface area contributed by atoms with Crippen LogP contribution in [0.15, 0.2) is 18.2 Å². The van der Waals surface area contributed by atoms with Crippen molar-refractivity contribution < 1.29 is 5.11 Å². The predicted octanol–water partition coefficient (Wildman–Crippen LogP) is 2.92. The van der Waals surface area contributed by atoms with E-state index in [0.29, 0.717) is 11.1 Å².